The van der Waals surface area contributed by atoms with Crippen LogP contribution in [-0.2, 0) is 9.53 Å². The lowest BCUT2D eigenvalue weighted by molar-refractivity contribution is -0.141. The summed E-state index contributed by atoms with van der Waals surface area (Å²) in [6, 6.07) is -0.132. The van der Waals surface area contributed by atoms with E-state index in [1.54, 1.807) is 11.9 Å². The second-order valence-corrected chi connectivity index (χ2v) is 4.64. The van der Waals surface area contributed by atoms with Crippen LogP contribution in [0.2, 0.25) is 0 Å². The lowest BCUT2D eigenvalue weighted by Crippen LogP contribution is -2.45. The van der Waals surface area contributed by atoms with Gasteiger partial charge >= 0.3 is 12.0 Å². The molecule has 2 unspecified atom stereocenters. The number of hydrogen-bond donors (Lipinski definition) is 2. The van der Waals surface area contributed by atoms with Crippen molar-refractivity contribution in [3.63, 3.8) is 0 Å². The Balaban J connectivity index is 2.36. The number of carboxylic acid groups (broad SMARTS) is 1. The third kappa shape index (κ3) is 4.18. The number of carboxylic acids is 1. The number of nitrogens with zero attached hydrogens (tertiary/aromatic N) is 1. The van der Waals surface area contributed by atoms with Gasteiger partial charge in [0.15, 0.2) is 0 Å². The molecule has 0 aromatic rings. The number of carbonyl (C=O) groups excluding carboxylic acids is 1. The van der Waals surface area contributed by atoms with Gasteiger partial charge in [-0.25, -0.2) is 4.79 Å². The molecule has 0 aliphatic carbocycles. The summed E-state index contributed by atoms with van der Waals surface area (Å²) in [5, 5.41) is 11.7. The molecule has 2 N–H and O–H groups in total. The zero-order valence-corrected chi connectivity index (χ0v) is 11.0. The Kier molecular flexibility index (Phi) is 5.91. The maximum Gasteiger partial charge on any atom is 0.317 e. The molecule has 18 heavy (non-hydrogen) atoms. The van der Waals surface area contributed by atoms with Crippen molar-refractivity contribution in [2.24, 2.45) is 5.92 Å². The Morgan fingerprint density at radius 2 is 2.28 bits per heavy atom. The van der Waals surface area contributed by atoms with E-state index in [2.05, 4.69) is 5.32 Å². The molecule has 1 heterocycles. The largest absolute Gasteiger partial charge is 0.481 e. The van der Waals surface area contributed by atoms with Crippen LogP contribution in [-0.4, -0.2) is 54.9 Å². The molecule has 1 rings (SSSR count). The summed E-state index contributed by atoms with van der Waals surface area (Å²) in [5.74, 6) is -1.36. The number of hydrogen-bond acceptors (Lipinski definition) is 3. The highest BCUT2D eigenvalue weighted by atomic mass is 16.5. The van der Waals surface area contributed by atoms with E-state index in [1.165, 1.54) is 0 Å². The normalized spacial score (nSPS) is 20.4. The first-order valence-corrected chi connectivity index (χ1v) is 6.37. The number of ether oxygens (including phenoxy) is 1. The lowest BCUT2D eigenvalue weighted by atomic mass is 10.0. The average Bonchev–Trinajstić information content (AvgIpc) is 2.86. The molecule has 1 aliphatic rings. The minimum absolute atomic E-state index is 0.0967. The van der Waals surface area contributed by atoms with Gasteiger partial charge in [0, 0.05) is 20.2 Å². The van der Waals surface area contributed by atoms with Crippen molar-refractivity contribution < 1.29 is 19.4 Å². The molecule has 0 saturated carbocycles. The van der Waals surface area contributed by atoms with Gasteiger partial charge in [0.1, 0.15) is 0 Å². The van der Waals surface area contributed by atoms with E-state index in [9.17, 15) is 9.59 Å². The molecule has 0 spiro atoms. The molecular formula is C12H22N2O4. The molecule has 1 aliphatic heterocycles. The Labute approximate surface area is 107 Å². The van der Waals surface area contributed by atoms with E-state index in [0.29, 0.717) is 19.6 Å². The molecule has 6 heteroatoms. The number of rotatable bonds is 6. The first-order chi connectivity index (χ1) is 8.56. The summed E-state index contributed by atoms with van der Waals surface area (Å²) in [6.07, 6.45) is 2.20. The van der Waals surface area contributed by atoms with Crippen molar-refractivity contribution in [2.45, 2.75) is 32.2 Å². The van der Waals surface area contributed by atoms with E-state index in [-0.39, 0.29) is 18.6 Å². The van der Waals surface area contributed by atoms with Crippen LogP contribution in [0.3, 0.4) is 0 Å². The maximum atomic E-state index is 11.8. The summed E-state index contributed by atoms with van der Waals surface area (Å²) < 4.78 is 5.21. The highest BCUT2D eigenvalue weighted by molar-refractivity contribution is 5.76. The highest BCUT2D eigenvalue weighted by Crippen LogP contribution is 2.11. The second kappa shape index (κ2) is 7.20. The lowest BCUT2D eigenvalue weighted by Gasteiger charge is -2.24. The summed E-state index contributed by atoms with van der Waals surface area (Å²) >= 11 is 0. The molecule has 6 nitrogen and oxygen atoms in total. The molecule has 0 bridgehead atoms. The van der Waals surface area contributed by atoms with Crippen LogP contribution in [0.1, 0.15) is 26.2 Å². The Bertz CT molecular complexity index is 290. The predicted octanol–water partition coefficient (Wildman–Crippen LogP) is 0.918. The van der Waals surface area contributed by atoms with Crippen LogP contribution < -0.4 is 5.32 Å². The maximum absolute atomic E-state index is 11.8. The zero-order chi connectivity index (χ0) is 13.5. The van der Waals surface area contributed by atoms with Gasteiger partial charge in [0.25, 0.3) is 0 Å². The van der Waals surface area contributed by atoms with E-state index >= 15 is 0 Å². The number of amides is 2. The molecule has 104 valence electrons. The Morgan fingerprint density at radius 1 is 1.56 bits per heavy atom. The van der Waals surface area contributed by atoms with Gasteiger partial charge in [0.05, 0.1) is 18.6 Å². The minimum atomic E-state index is -0.857. The van der Waals surface area contributed by atoms with Crippen LogP contribution in [0.4, 0.5) is 4.79 Å². The number of carbonyl (C=O) groups is 2. The van der Waals surface area contributed by atoms with Gasteiger partial charge in [-0.3, -0.25) is 4.79 Å². The van der Waals surface area contributed by atoms with Gasteiger partial charge in [0.2, 0.25) is 0 Å². The van der Waals surface area contributed by atoms with Gasteiger partial charge in [-0.15, -0.1) is 0 Å². The van der Waals surface area contributed by atoms with E-state index in [0.717, 1.165) is 12.8 Å². The average molecular weight is 258 g/mol. The van der Waals surface area contributed by atoms with E-state index in [4.69, 9.17) is 9.84 Å². The van der Waals surface area contributed by atoms with E-state index < -0.39 is 11.9 Å². The van der Waals surface area contributed by atoms with Crippen LogP contribution in [0, 0.1) is 5.92 Å². The van der Waals surface area contributed by atoms with Gasteiger partial charge in [-0.2, -0.15) is 0 Å². The van der Waals surface area contributed by atoms with E-state index in [1.807, 2.05) is 6.92 Å². The topological polar surface area (TPSA) is 78.9 Å². The SMILES string of the molecule is CCCC(CNC(=O)N(C)C1CCOC1)C(=O)O. The van der Waals surface area contributed by atoms with Crippen molar-refractivity contribution in [3.05, 3.63) is 0 Å². The monoisotopic (exact) mass is 258 g/mol. The predicted molar refractivity (Wildman–Crippen MR) is 66.4 cm³/mol. The zero-order valence-electron chi connectivity index (χ0n) is 11.0. The summed E-state index contributed by atoms with van der Waals surface area (Å²) in [7, 11) is 1.71. The molecule has 2 atom stereocenters. The van der Waals surface area contributed by atoms with Crippen LogP contribution >= 0.6 is 0 Å². The van der Waals surface area contributed by atoms with Crippen molar-refractivity contribution in [1.29, 1.82) is 0 Å². The van der Waals surface area contributed by atoms with Crippen molar-refractivity contribution in [3.8, 4) is 0 Å². The number of urea groups is 1. The first-order valence-electron chi connectivity index (χ1n) is 6.37. The summed E-state index contributed by atoms with van der Waals surface area (Å²) in [5.41, 5.74) is 0. The van der Waals surface area contributed by atoms with Gasteiger partial charge in [-0.05, 0) is 12.8 Å². The molecule has 2 amide bonds. The summed E-state index contributed by atoms with van der Waals surface area (Å²) in [6.45, 7) is 3.34. The van der Waals surface area contributed by atoms with Gasteiger partial charge in [-0.1, -0.05) is 13.3 Å². The van der Waals surface area contributed by atoms with Crippen molar-refractivity contribution >= 4 is 12.0 Å². The first kappa shape index (κ1) is 14.8. The van der Waals surface area contributed by atoms with Crippen molar-refractivity contribution in [1.82, 2.24) is 10.2 Å². The molecule has 0 radical (unpaired) electrons. The third-order valence-corrected chi connectivity index (χ3v) is 3.26. The standard InChI is InChI=1S/C12H22N2O4/c1-3-4-9(11(15)16)7-13-12(17)14(2)10-5-6-18-8-10/h9-10H,3-8H2,1-2H3,(H,13,17)(H,15,16). The molecule has 1 saturated heterocycles. The second-order valence-electron chi connectivity index (χ2n) is 4.64. The fourth-order valence-corrected chi connectivity index (χ4v) is 1.99. The highest BCUT2D eigenvalue weighted by Gasteiger charge is 2.25. The third-order valence-electron chi connectivity index (χ3n) is 3.26. The smallest absolute Gasteiger partial charge is 0.317 e. The Morgan fingerprint density at radius 3 is 2.78 bits per heavy atom. The Hall–Kier alpha value is -1.30. The van der Waals surface area contributed by atoms with Crippen molar-refractivity contribution in [2.75, 3.05) is 26.8 Å². The number of nitrogens with one attached hydrogen (secondary N) is 1. The fraction of sp³-hybridized carbons (Fsp3) is 0.833. The molecular weight excluding hydrogens is 236 g/mol. The fourth-order valence-electron chi connectivity index (χ4n) is 1.99. The number of likely N-dealkylation sites (N-methyl/N-ethyl adjacent to an activating group) is 1. The summed E-state index contributed by atoms with van der Waals surface area (Å²) in [4.78, 5) is 24.4. The van der Waals surface area contributed by atoms with Crippen LogP contribution in [0.5, 0.6) is 0 Å². The van der Waals surface area contributed by atoms with Gasteiger partial charge < -0.3 is 20.1 Å². The van der Waals surface area contributed by atoms with Crippen LogP contribution in [0.25, 0.3) is 0 Å². The minimum Gasteiger partial charge on any atom is -0.481 e. The molecule has 0 aromatic carbocycles. The van der Waals surface area contributed by atoms with Crippen LogP contribution in [0.15, 0.2) is 0 Å². The quantitative estimate of drug-likeness (QED) is 0.742. The number of aliphatic carboxylic acids is 1. The molecule has 1 fully saturated rings. The molecule has 0 aromatic heterocycles.